The molecule has 160 valence electrons. The third-order valence-electron chi connectivity index (χ3n) is 4.78. The first-order valence-electron chi connectivity index (χ1n) is 9.88. The van der Waals surface area contributed by atoms with Gasteiger partial charge in [0.25, 0.3) is 5.91 Å². The van der Waals surface area contributed by atoms with Crippen molar-refractivity contribution in [2.24, 2.45) is 14.1 Å². The average Bonchev–Trinajstić information content (AvgIpc) is 3.32. The van der Waals surface area contributed by atoms with Crippen LogP contribution in [0.15, 0.2) is 60.9 Å². The number of aromatic nitrogens is 3. The Hall–Kier alpha value is -3.78. The predicted molar refractivity (Wildman–Crippen MR) is 118 cm³/mol. The Balaban J connectivity index is 1.63. The number of carbonyl (C=O) groups is 1. The molecule has 0 radical (unpaired) electrons. The van der Waals surface area contributed by atoms with E-state index in [9.17, 15) is 9.90 Å². The topological polar surface area (TPSA) is 90.5 Å². The van der Waals surface area contributed by atoms with Gasteiger partial charge in [-0.3, -0.25) is 9.48 Å². The molecule has 0 aliphatic heterocycles. The number of ether oxygens (including phenoxy) is 2. The fourth-order valence-corrected chi connectivity index (χ4v) is 3.23. The summed E-state index contributed by atoms with van der Waals surface area (Å²) in [6, 6.07) is 14.5. The highest BCUT2D eigenvalue weighted by Crippen LogP contribution is 2.30. The molecule has 0 aliphatic rings. The number of anilines is 1. The maximum absolute atomic E-state index is 12.8. The largest absolute Gasteiger partial charge is 0.488 e. The Morgan fingerprint density at radius 3 is 2.61 bits per heavy atom. The molecule has 1 atom stereocenters. The number of nitrogens with one attached hydrogen (secondary N) is 1. The van der Waals surface area contributed by atoms with Gasteiger partial charge in [0.1, 0.15) is 23.4 Å². The Labute approximate surface area is 179 Å². The molecule has 1 amide bonds. The van der Waals surface area contributed by atoms with E-state index < -0.39 is 6.10 Å². The number of fused-ring (bicyclic) bond motifs is 1. The van der Waals surface area contributed by atoms with E-state index in [0.29, 0.717) is 28.6 Å². The normalized spacial score (nSPS) is 12.0. The zero-order valence-electron chi connectivity index (χ0n) is 17.6. The molecule has 8 nitrogen and oxygen atoms in total. The molecule has 0 aliphatic carbocycles. The van der Waals surface area contributed by atoms with E-state index in [1.165, 1.54) is 0 Å². The van der Waals surface area contributed by atoms with Gasteiger partial charge in [0.05, 0.1) is 6.61 Å². The minimum atomic E-state index is -0.428. The van der Waals surface area contributed by atoms with Crippen molar-refractivity contribution in [3.8, 4) is 17.2 Å². The lowest BCUT2D eigenvalue weighted by Crippen LogP contribution is -2.17. The number of hydrogen-bond donors (Lipinski definition) is 2. The van der Waals surface area contributed by atoms with Crippen LogP contribution in [-0.4, -0.2) is 38.1 Å². The van der Waals surface area contributed by atoms with Crippen molar-refractivity contribution < 1.29 is 19.4 Å². The Morgan fingerprint density at radius 1 is 1.06 bits per heavy atom. The fourth-order valence-electron chi connectivity index (χ4n) is 3.23. The molecule has 0 unspecified atom stereocenters. The molecule has 0 fully saturated rings. The number of rotatable bonds is 7. The number of aliphatic hydroxyl groups excluding tert-OH is 1. The van der Waals surface area contributed by atoms with Crippen LogP contribution in [0.5, 0.6) is 17.2 Å². The van der Waals surface area contributed by atoms with Gasteiger partial charge in [-0.2, -0.15) is 5.10 Å². The second kappa shape index (κ2) is 8.53. The zero-order chi connectivity index (χ0) is 22.0. The van der Waals surface area contributed by atoms with E-state index in [4.69, 9.17) is 9.47 Å². The van der Waals surface area contributed by atoms with Gasteiger partial charge in [0.2, 0.25) is 0 Å². The minimum Gasteiger partial charge on any atom is -0.488 e. The summed E-state index contributed by atoms with van der Waals surface area (Å²) in [4.78, 5) is 12.8. The standard InChI is InChI=1S/C23H24N4O4/c1-15(14-28)30-19-11-17(23(29)24-22-7-9-27(3)25-22)12-20(13-19)31-18-4-5-21-16(10-18)6-8-26(21)2/h4-13,15,28H,14H2,1-3H3,(H,24,25,29)/t15-/m0/s1. The minimum absolute atomic E-state index is 0.148. The number of aliphatic hydroxyl groups is 1. The van der Waals surface area contributed by atoms with E-state index >= 15 is 0 Å². The second-order valence-corrected chi connectivity index (χ2v) is 7.38. The maximum atomic E-state index is 12.8. The molecule has 0 saturated carbocycles. The summed E-state index contributed by atoms with van der Waals surface area (Å²) in [5.74, 6) is 1.61. The van der Waals surface area contributed by atoms with E-state index in [2.05, 4.69) is 10.4 Å². The summed E-state index contributed by atoms with van der Waals surface area (Å²) < 4.78 is 15.4. The van der Waals surface area contributed by atoms with Crippen molar-refractivity contribution in [1.82, 2.24) is 14.3 Å². The zero-order valence-corrected chi connectivity index (χ0v) is 17.6. The molecule has 31 heavy (non-hydrogen) atoms. The van der Waals surface area contributed by atoms with Crippen LogP contribution in [0.25, 0.3) is 10.9 Å². The van der Waals surface area contributed by atoms with E-state index in [-0.39, 0.29) is 12.5 Å². The summed E-state index contributed by atoms with van der Waals surface area (Å²) in [5, 5.41) is 17.3. The number of carbonyl (C=O) groups excluding carboxylic acids is 1. The third-order valence-corrected chi connectivity index (χ3v) is 4.78. The quantitative estimate of drug-likeness (QED) is 0.476. The third kappa shape index (κ3) is 4.70. The SMILES string of the molecule is C[C@@H](CO)Oc1cc(Oc2ccc3c(ccn3C)c2)cc(C(=O)Nc2ccn(C)n2)c1. The van der Waals surface area contributed by atoms with Crippen molar-refractivity contribution >= 4 is 22.6 Å². The molecule has 2 aromatic heterocycles. The fraction of sp³-hybridized carbons (Fsp3) is 0.217. The van der Waals surface area contributed by atoms with Gasteiger partial charge in [0.15, 0.2) is 5.82 Å². The van der Waals surface area contributed by atoms with Crippen LogP contribution < -0.4 is 14.8 Å². The summed E-state index contributed by atoms with van der Waals surface area (Å²) in [5.41, 5.74) is 1.45. The van der Waals surface area contributed by atoms with Gasteiger partial charge < -0.3 is 24.5 Å². The van der Waals surface area contributed by atoms with Crippen LogP contribution >= 0.6 is 0 Å². The van der Waals surface area contributed by atoms with Crippen molar-refractivity contribution in [3.05, 3.63) is 66.5 Å². The molecule has 8 heteroatoms. The molecule has 2 N–H and O–H groups in total. The van der Waals surface area contributed by atoms with Gasteiger partial charge in [-0.15, -0.1) is 0 Å². The first-order chi connectivity index (χ1) is 14.9. The average molecular weight is 420 g/mol. The van der Waals surface area contributed by atoms with Crippen molar-refractivity contribution in [1.29, 1.82) is 0 Å². The van der Waals surface area contributed by atoms with Gasteiger partial charge in [-0.1, -0.05) is 0 Å². The lowest BCUT2D eigenvalue weighted by Gasteiger charge is -2.15. The molecule has 0 spiro atoms. The highest BCUT2D eigenvalue weighted by atomic mass is 16.5. The lowest BCUT2D eigenvalue weighted by molar-refractivity contribution is 0.102. The molecule has 2 heterocycles. The Kier molecular flexibility index (Phi) is 5.64. The van der Waals surface area contributed by atoms with Crippen LogP contribution in [0.4, 0.5) is 5.82 Å². The molecule has 2 aromatic carbocycles. The van der Waals surface area contributed by atoms with Crippen LogP contribution in [-0.2, 0) is 14.1 Å². The smallest absolute Gasteiger partial charge is 0.257 e. The van der Waals surface area contributed by atoms with Crippen LogP contribution in [0, 0.1) is 0 Å². The molecule has 4 aromatic rings. The highest BCUT2D eigenvalue weighted by molar-refractivity contribution is 6.04. The summed E-state index contributed by atoms with van der Waals surface area (Å²) in [6.45, 7) is 1.59. The number of amides is 1. The van der Waals surface area contributed by atoms with Crippen molar-refractivity contribution in [3.63, 3.8) is 0 Å². The van der Waals surface area contributed by atoms with Crippen molar-refractivity contribution in [2.75, 3.05) is 11.9 Å². The Bertz CT molecular complexity index is 1230. The summed E-state index contributed by atoms with van der Waals surface area (Å²) >= 11 is 0. The van der Waals surface area contributed by atoms with E-state index in [0.717, 1.165) is 10.9 Å². The first-order valence-corrected chi connectivity index (χ1v) is 9.88. The Morgan fingerprint density at radius 2 is 1.87 bits per heavy atom. The number of hydrogen-bond acceptors (Lipinski definition) is 5. The van der Waals surface area contributed by atoms with Gasteiger partial charge in [-0.25, -0.2) is 0 Å². The summed E-state index contributed by atoms with van der Waals surface area (Å²) in [6.07, 6.45) is 3.30. The molecule has 4 rings (SSSR count). The maximum Gasteiger partial charge on any atom is 0.257 e. The predicted octanol–water partition coefficient (Wildman–Crippen LogP) is 3.72. The van der Waals surface area contributed by atoms with Crippen LogP contribution in [0.2, 0.25) is 0 Å². The lowest BCUT2D eigenvalue weighted by atomic mass is 10.1. The number of aryl methyl sites for hydroxylation is 2. The molecular formula is C23H24N4O4. The number of benzene rings is 2. The van der Waals surface area contributed by atoms with Crippen molar-refractivity contribution in [2.45, 2.75) is 13.0 Å². The molecule has 0 bridgehead atoms. The van der Waals surface area contributed by atoms with E-state index in [1.54, 1.807) is 49.1 Å². The highest BCUT2D eigenvalue weighted by Gasteiger charge is 2.14. The van der Waals surface area contributed by atoms with Crippen LogP contribution in [0.3, 0.4) is 0 Å². The van der Waals surface area contributed by atoms with Gasteiger partial charge in [0, 0.05) is 55.1 Å². The first kappa shape index (κ1) is 20.5. The number of nitrogens with zero attached hydrogens (tertiary/aromatic N) is 3. The molecule has 0 saturated heterocycles. The van der Waals surface area contributed by atoms with Gasteiger partial charge >= 0.3 is 0 Å². The van der Waals surface area contributed by atoms with Gasteiger partial charge in [-0.05, 0) is 43.3 Å². The molecular weight excluding hydrogens is 396 g/mol. The van der Waals surface area contributed by atoms with E-state index in [1.807, 2.05) is 42.1 Å². The second-order valence-electron chi connectivity index (χ2n) is 7.38. The van der Waals surface area contributed by atoms with Crippen LogP contribution in [0.1, 0.15) is 17.3 Å². The summed E-state index contributed by atoms with van der Waals surface area (Å²) in [7, 11) is 3.76. The monoisotopic (exact) mass is 420 g/mol.